The highest BCUT2D eigenvalue weighted by atomic mass is 32.2. The number of nitrogens with one attached hydrogen (secondary N) is 1. The molecule has 0 radical (unpaired) electrons. The average Bonchev–Trinajstić information content (AvgIpc) is 2.43. The molecule has 0 saturated carbocycles. The molecule has 0 saturated heterocycles. The van der Waals surface area contributed by atoms with Gasteiger partial charge in [-0.05, 0) is 25.0 Å². The molecule has 1 aromatic rings. The Bertz CT molecular complexity index is 517. The molecule has 2 atom stereocenters. The van der Waals surface area contributed by atoms with Crippen LogP contribution in [0, 0.1) is 0 Å². The summed E-state index contributed by atoms with van der Waals surface area (Å²) in [5.74, 6) is -0.424. The van der Waals surface area contributed by atoms with Crippen LogP contribution < -0.4 is 5.32 Å². The first kappa shape index (κ1) is 17.7. The molecule has 0 spiro atoms. The number of amides is 1. The fraction of sp³-hybridized carbons (Fsp3) is 0.500. The van der Waals surface area contributed by atoms with Gasteiger partial charge in [-0.2, -0.15) is 13.2 Å². The van der Waals surface area contributed by atoms with Gasteiger partial charge in [0.15, 0.2) is 0 Å². The molecular formula is C14H18F3NO2S. The van der Waals surface area contributed by atoms with E-state index < -0.39 is 27.8 Å². The summed E-state index contributed by atoms with van der Waals surface area (Å²) >= 11 is 0. The first-order chi connectivity index (χ1) is 9.75. The van der Waals surface area contributed by atoms with E-state index in [1.54, 1.807) is 0 Å². The molecule has 0 bridgehead atoms. The third-order valence-corrected chi connectivity index (χ3v) is 4.50. The second kappa shape index (κ2) is 7.59. The number of carbonyl (C=O) groups is 1. The van der Waals surface area contributed by atoms with E-state index in [0.717, 1.165) is 18.6 Å². The van der Waals surface area contributed by atoms with Crippen molar-refractivity contribution >= 4 is 16.7 Å². The highest BCUT2D eigenvalue weighted by molar-refractivity contribution is 7.85. The normalized spacial score (nSPS) is 14.5. The molecule has 0 fully saturated rings. The predicted octanol–water partition coefficient (Wildman–Crippen LogP) is 2.87. The molecule has 1 amide bonds. The molecular weight excluding hydrogens is 303 g/mol. The van der Waals surface area contributed by atoms with Crippen LogP contribution in [0.1, 0.15) is 31.4 Å². The zero-order valence-corrected chi connectivity index (χ0v) is 12.7. The van der Waals surface area contributed by atoms with Crippen LogP contribution in [0.5, 0.6) is 0 Å². The Morgan fingerprint density at radius 3 is 2.62 bits per heavy atom. The number of hydrogen-bond acceptors (Lipinski definition) is 2. The molecule has 3 nitrogen and oxygen atoms in total. The number of hydrogen-bond donors (Lipinski definition) is 1. The quantitative estimate of drug-likeness (QED) is 0.876. The molecule has 0 heterocycles. The second-order valence-corrected chi connectivity index (χ2v) is 6.41. The Hall–Kier alpha value is -1.37. The zero-order chi connectivity index (χ0) is 16.0. The van der Waals surface area contributed by atoms with Crippen molar-refractivity contribution in [3.63, 3.8) is 0 Å². The fourth-order valence-electron chi connectivity index (χ4n) is 1.64. The minimum atomic E-state index is -4.43. The van der Waals surface area contributed by atoms with Gasteiger partial charge in [0.25, 0.3) is 0 Å². The lowest BCUT2D eigenvalue weighted by Gasteiger charge is -2.13. The number of benzene rings is 1. The van der Waals surface area contributed by atoms with Crippen molar-refractivity contribution in [3.05, 3.63) is 35.4 Å². The largest absolute Gasteiger partial charge is 0.416 e. The summed E-state index contributed by atoms with van der Waals surface area (Å²) in [6, 6.07) is 4.68. The van der Waals surface area contributed by atoms with Crippen LogP contribution >= 0.6 is 0 Å². The lowest BCUT2D eigenvalue weighted by atomic mass is 10.1. The molecule has 1 N–H and O–H groups in total. The van der Waals surface area contributed by atoms with Gasteiger partial charge in [-0.15, -0.1) is 0 Å². The van der Waals surface area contributed by atoms with E-state index in [1.807, 2.05) is 6.92 Å². The van der Waals surface area contributed by atoms with Crippen molar-refractivity contribution in [1.29, 1.82) is 0 Å². The van der Waals surface area contributed by atoms with Gasteiger partial charge in [0.1, 0.15) is 5.25 Å². The van der Waals surface area contributed by atoms with Gasteiger partial charge < -0.3 is 5.32 Å². The maximum atomic E-state index is 12.6. The lowest BCUT2D eigenvalue weighted by Crippen LogP contribution is -2.36. The van der Waals surface area contributed by atoms with Crippen molar-refractivity contribution in [2.24, 2.45) is 0 Å². The van der Waals surface area contributed by atoms with Crippen molar-refractivity contribution < 1.29 is 22.2 Å². The molecule has 0 aromatic heterocycles. The first-order valence-electron chi connectivity index (χ1n) is 6.56. The standard InChI is InChI=1S/C14H18F3NO2S/c1-3-7-18-13(19)10(2)21(20)9-11-5-4-6-12(8-11)14(15,16)17/h4-6,8,10H,3,7,9H2,1-2H3,(H,18,19)/t10-,21-/m1/s1. The maximum Gasteiger partial charge on any atom is 0.416 e. The Morgan fingerprint density at radius 1 is 1.38 bits per heavy atom. The number of alkyl halides is 3. The summed E-state index contributed by atoms with van der Waals surface area (Å²) in [5, 5.41) is 1.86. The number of halogens is 3. The third-order valence-electron chi connectivity index (χ3n) is 2.88. The molecule has 0 aliphatic rings. The number of rotatable bonds is 6. The van der Waals surface area contributed by atoms with Crippen LogP contribution in [0.2, 0.25) is 0 Å². The van der Waals surface area contributed by atoms with Crippen LogP contribution in [-0.2, 0) is 27.5 Å². The van der Waals surface area contributed by atoms with Crippen LogP contribution in [0.25, 0.3) is 0 Å². The van der Waals surface area contributed by atoms with Crippen LogP contribution in [0.4, 0.5) is 13.2 Å². The zero-order valence-electron chi connectivity index (χ0n) is 11.9. The monoisotopic (exact) mass is 321 g/mol. The smallest absolute Gasteiger partial charge is 0.355 e. The lowest BCUT2D eigenvalue weighted by molar-refractivity contribution is -0.137. The van der Waals surface area contributed by atoms with E-state index in [0.29, 0.717) is 12.1 Å². The van der Waals surface area contributed by atoms with Crippen LogP contribution in [-0.4, -0.2) is 21.9 Å². The van der Waals surface area contributed by atoms with Gasteiger partial charge in [0.2, 0.25) is 5.91 Å². The second-order valence-electron chi connectivity index (χ2n) is 4.66. The van der Waals surface area contributed by atoms with E-state index in [4.69, 9.17) is 0 Å². The maximum absolute atomic E-state index is 12.6. The van der Waals surface area contributed by atoms with Gasteiger partial charge in [0.05, 0.1) is 5.56 Å². The van der Waals surface area contributed by atoms with Crippen LogP contribution in [0.15, 0.2) is 24.3 Å². The van der Waals surface area contributed by atoms with E-state index in [2.05, 4.69) is 5.32 Å². The molecule has 0 aliphatic heterocycles. The fourth-order valence-corrected chi connectivity index (χ4v) is 2.72. The van der Waals surface area contributed by atoms with Crippen molar-refractivity contribution in [2.75, 3.05) is 6.54 Å². The molecule has 1 aromatic carbocycles. The Balaban J connectivity index is 2.73. The Kier molecular flexibility index (Phi) is 6.39. The number of carbonyl (C=O) groups excluding carboxylic acids is 1. The van der Waals surface area contributed by atoms with E-state index in [1.165, 1.54) is 19.1 Å². The van der Waals surface area contributed by atoms with Gasteiger partial charge >= 0.3 is 6.18 Å². The third kappa shape index (κ3) is 5.49. The molecule has 0 aliphatic carbocycles. The van der Waals surface area contributed by atoms with Gasteiger partial charge in [0, 0.05) is 23.1 Å². The van der Waals surface area contributed by atoms with Gasteiger partial charge in [-0.3, -0.25) is 9.00 Å². The minimum absolute atomic E-state index is 0.0787. The molecule has 7 heteroatoms. The first-order valence-corrected chi connectivity index (χ1v) is 7.95. The summed E-state index contributed by atoms with van der Waals surface area (Å²) in [5.41, 5.74) is -0.474. The molecule has 118 valence electrons. The van der Waals surface area contributed by atoms with Crippen LogP contribution in [0.3, 0.4) is 0 Å². The average molecular weight is 321 g/mol. The Labute approximate surface area is 124 Å². The minimum Gasteiger partial charge on any atom is -0.355 e. The highest BCUT2D eigenvalue weighted by Gasteiger charge is 2.30. The van der Waals surface area contributed by atoms with Gasteiger partial charge in [-0.1, -0.05) is 25.1 Å². The van der Waals surface area contributed by atoms with Gasteiger partial charge in [-0.25, -0.2) is 0 Å². The molecule has 0 unspecified atom stereocenters. The molecule has 21 heavy (non-hydrogen) atoms. The van der Waals surface area contributed by atoms with Crippen molar-refractivity contribution in [1.82, 2.24) is 5.32 Å². The summed E-state index contributed by atoms with van der Waals surface area (Å²) < 4.78 is 49.8. The summed E-state index contributed by atoms with van der Waals surface area (Å²) in [4.78, 5) is 11.7. The summed E-state index contributed by atoms with van der Waals surface area (Å²) in [6.07, 6.45) is -3.67. The Morgan fingerprint density at radius 2 is 2.05 bits per heavy atom. The predicted molar refractivity (Wildman–Crippen MR) is 76.1 cm³/mol. The van der Waals surface area contributed by atoms with Crippen molar-refractivity contribution in [2.45, 2.75) is 37.4 Å². The van der Waals surface area contributed by atoms with Crippen molar-refractivity contribution in [3.8, 4) is 0 Å². The van der Waals surface area contributed by atoms with E-state index in [9.17, 15) is 22.2 Å². The van der Waals surface area contributed by atoms with E-state index >= 15 is 0 Å². The summed E-state index contributed by atoms with van der Waals surface area (Å²) in [6.45, 7) is 3.89. The molecule has 1 rings (SSSR count). The SMILES string of the molecule is CCCNC(=O)[C@@H](C)[S@](=O)Cc1cccc(C(F)(F)F)c1. The summed E-state index contributed by atoms with van der Waals surface area (Å²) in [7, 11) is -1.56. The highest BCUT2D eigenvalue weighted by Crippen LogP contribution is 2.29. The van der Waals surface area contributed by atoms with E-state index in [-0.39, 0.29) is 11.7 Å². The topological polar surface area (TPSA) is 46.2 Å².